The topological polar surface area (TPSA) is 64.3 Å². The van der Waals surface area contributed by atoms with Crippen LogP contribution >= 0.6 is 0 Å². The van der Waals surface area contributed by atoms with Gasteiger partial charge in [-0.15, -0.1) is 0 Å². The summed E-state index contributed by atoms with van der Waals surface area (Å²) in [6.07, 6.45) is 2.43. The first kappa shape index (κ1) is 12.6. The Morgan fingerprint density at radius 3 is 2.61 bits per heavy atom. The second kappa shape index (κ2) is 5.65. The highest BCUT2D eigenvalue weighted by Gasteiger charge is 2.37. The summed E-state index contributed by atoms with van der Waals surface area (Å²) >= 11 is 0. The Labute approximate surface area is 106 Å². The van der Waals surface area contributed by atoms with E-state index in [0.717, 1.165) is 18.4 Å². The van der Waals surface area contributed by atoms with E-state index in [2.05, 4.69) is 6.07 Å². The Kier molecular flexibility index (Phi) is 3.96. The maximum absolute atomic E-state index is 11.5. The molecule has 1 N–H and O–H groups in total. The van der Waals surface area contributed by atoms with Crippen LogP contribution in [0.2, 0.25) is 0 Å². The number of benzene rings is 1. The molecule has 1 aromatic rings. The fraction of sp³-hybridized carbons (Fsp3) is 0.429. The maximum Gasteiger partial charge on any atom is 0.325 e. The standard InChI is InChI=1S/C14H16N2O2/c15-9-4-10-16(12-7-8-12)13(14(17)18)11-5-2-1-3-6-11/h1-3,5-6,12-13H,4,7-8,10H2,(H,17,18). The summed E-state index contributed by atoms with van der Waals surface area (Å²) in [7, 11) is 0. The largest absolute Gasteiger partial charge is 0.480 e. The first-order valence-corrected chi connectivity index (χ1v) is 6.14. The van der Waals surface area contributed by atoms with Gasteiger partial charge in [-0.05, 0) is 18.4 Å². The number of hydrogen-bond acceptors (Lipinski definition) is 3. The highest BCUT2D eigenvalue weighted by molar-refractivity contribution is 5.75. The molecule has 1 unspecified atom stereocenters. The molecule has 0 spiro atoms. The lowest BCUT2D eigenvalue weighted by Gasteiger charge is -2.28. The lowest BCUT2D eigenvalue weighted by molar-refractivity contribution is -0.143. The molecule has 1 aliphatic rings. The van der Waals surface area contributed by atoms with Crippen molar-refractivity contribution in [2.75, 3.05) is 6.54 Å². The van der Waals surface area contributed by atoms with Crippen molar-refractivity contribution >= 4 is 5.97 Å². The molecule has 0 aromatic heterocycles. The fourth-order valence-corrected chi connectivity index (χ4v) is 2.22. The van der Waals surface area contributed by atoms with Gasteiger partial charge in [0.1, 0.15) is 6.04 Å². The van der Waals surface area contributed by atoms with Crippen molar-refractivity contribution in [2.45, 2.75) is 31.3 Å². The predicted octanol–water partition coefficient (Wildman–Crippen LogP) is 2.19. The zero-order chi connectivity index (χ0) is 13.0. The number of carbonyl (C=O) groups is 1. The van der Waals surface area contributed by atoms with Crippen LogP contribution < -0.4 is 0 Å². The van der Waals surface area contributed by atoms with Crippen molar-refractivity contribution in [2.24, 2.45) is 0 Å². The molecule has 1 atom stereocenters. The van der Waals surface area contributed by atoms with Crippen LogP contribution in [0.1, 0.15) is 30.9 Å². The van der Waals surface area contributed by atoms with Crippen LogP contribution in [0.25, 0.3) is 0 Å². The predicted molar refractivity (Wildman–Crippen MR) is 66.8 cm³/mol. The van der Waals surface area contributed by atoms with E-state index in [4.69, 9.17) is 5.26 Å². The summed E-state index contributed by atoms with van der Waals surface area (Å²) in [5, 5.41) is 18.1. The van der Waals surface area contributed by atoms with E-state index in [0.29, 0.717) is 19.0 Å². The van der Waals surface area contributed by atoms with E-state index in [1.54, 1.807) is 0 Å². The molecule has 0 aliphatic heterocycles. The molecule has 1 fully saturated rings. The molecular weight excluding hydrogens is 228 g/mol. The molecule has 0 bridgehead atoms. The van der Waals surface area contributed by atoms with Gasteiger partial charge in [0.15, 0.2) is 0 Å². The second-order valence-electron chi connectivity index (χ2n) is 4.53. The summed E-state index contributed by atoms with van der Waals surface area (Å²) in [5.74, 6) is -0.842. The van der Waals surface area contributed by atoms with Crippen LogP contribution in [0.15, 0.2) is 30.3 Å². The van der Waals surface area contributed by atoms with E-state index in [1.165, 1.54) is 0 Å². The molecule has 0 radical (unpaired) electrons. The molecule has 0 amide bonds. The van der Waals surface area contributed by atoms with Gasteiger partial charge < -0.3 is 5.11 Å². The van der Waals surface area contributed by atoms with E-state index < -0.39 is 12.0 Å². The van der Waals surface area contributed by atoms with Crippen molar-refractivity contribution in [1.29, 1.82) is 5.26 Å². The molecule has 2 rings (SSSR count). The van der Waals surface area contributed by atoms with Gasteiger partial charge in [0.05, 0.1) is 6.07 Å². The Hall–Kier alpha value is -1.86. The smallest absolute Gasteiger partial charge is 0.325 e. The summed E-state index contributed by atoms with van der Waals surface area (Å²) in [6.45, 7) is 0.521. The van der Waals surface area contributed by atoms with Crippen molar-refractivity contribution in [3.05, 3.63) is 35.9 Å². The minimum absolute atomic E-state index is 0.319. The third kappa shape index (κ3) is 2.88. The molecule has 1 saturated carbocycles. The summed E-state index contributed by atoms with van der Waals surface area (Å²) in [6, 6.07) is 11.0. The van der Waals surface area contributed by atoms with Crippen molar-refractivity contribution in [1.82, 2.24) is 4.90 Å². The summed E-state index contributed by atoms with van der Waals surface area (Å²) in [4.78, 5) is 13.5. The first-order chi connectivity index (χ1) is 8.74. The number of rotatable bonds is 6. The number of aliphatic carboxylic acids is 1. The Bertz CT molecular complexity index is 449. The zero-order valence-electron chi connectivity index (χ0n) is 10.1. The number of hydrogen-bond donors (Lipinski definition) is 1. The van der Waals surface area contributed by atoms with Gasteiger partial charge in [0.2, 0.25) is 0 Å². The highest BCUT2D eigenvalue weighted by atomic mass is 16.4. The third-order valence-corrected chi connectivity index (χ3v) is 3.18. The highest BCUT2D eigenvalue weighted by Crippen LogP contribution is 2.34. The van der Waals surface area contributed by atoms with Crippen molar-refractivity contribution < 1.29 is 9.90 Å². The quantitative estimate of drug-likeness (QED) is 0.833. The number of carboxylic acids is 1. The molecule has 1 aromatic carbocycles. The number of nitrogens with zero attached hydrogens (tertiary/aromatic N) is 2. The summed E-state index contributed by atoms with van der Waals surface area (Å²) in [5.41, 5.74) is 0.787. The van der Waals surface area contributed by atoms with Crippen molar-refractivity contribution in [3.63, 3.8) is 0 Å². The van der Waals surface area contributed by atoms with Crippen molar-refractivity contribution in [3.8, 4) is 6.07 Å². The average molecular weight is 244 g/mol. The first-order valence-electron chi connectivity index (χ1n) is 6.14. The number of nitriles is 1. The normalized spacial score (nSPS) is 16.2. The molecule has 4 heteroatoms. The van der Waals surface area contributed by atoms with E-state index in [-0.39, 0.29) is 0 Å². The van der Waals surface area contributed by atoms with Gasteiger partial charge in [-0.3, -0.25) is 9.69 Å². The molecule has 4 nitrogen and oxygen atoms in total. The average Bonchev–Trinajstić information content (AvgIpc) is 3.19. The van der Waals surface area contributed by atoms with Gasteiger partial charge in [0, 0.05) is 19.0 Å². The molecule has 18 heavy (non-hydrogen) atoms. The van der Waals surface area contributed by atoms with E-state index >= 15 is 0 Å². The number of carboxylic acid groups (broad SMARTS) is 1. The molecular formula is C14H16N2O2. The van der Waals surface area contributed by atoms with Gasteiger partial charge >= 0.3 is 5.97 Å². The lowest BCUT2D eigenvalue weighted by atomic mass is 10.0. The van der Waals surface area contributed by atoms with Gasteiger partial charge in [0.25, 0.3) is 0 Å². The van der Waals surface area contributed by atoms with Gasteiger partial charge in [-0.25, -0.2) is 0 Å². The minimum atomic E-state index is -0.842. The van der Waals surface area contributed by atoms with Gasteiger partial charge in [-0.1, -0.05) is 30.3 Å². The lowest BCUT2D eigenvalue weighted by Crippen LogP contribution is -2.36. The minimum Gasteiger partial charge on any atom is -0.480 e. The molecule has 94 valence electrons. The fourth-order valence-electron chi connectivity index (χ4n) is 2.22. The van der Waals surface area contributed by atoms with Crippen LogP contribution in [-0.4, -0.2) is 28.6 Å². The Balaban J connectivity index is 2.22. The van der Waals surface area contributed by atoms with Crippen LogP contribution in [-0.2, 0) is 4.79 Å². The second-order valence-corrected chi connectivity index (χ2v) is 4.53. The van der Waals surface area contributed by atoms with Gasteiger partial charge in [-0.2, -0.15) is 5.26 Å². The van der Waals surface area contributed by atoms with E-state index in [1.807, 2.05) is 35.2 Å². The Morgan fingerprint density at radius 2 is 2.11 bits per heavy atom. The SMILES string of the molecule is N#CCCN(C1CC1)C(C(=O)O)c1ccccc1. The Morgan fingerprint density at radius 1 is 1.44 bits per heavy atom. The van der Waals surface area contributed by atoms with Crippen LogP contribution in [0.4, 0.5) is 0 Å². The maximum atomic E-state index is 11.5. The van der Waals surface area contributed by atoms with Crippen LogP contribution in [0, 0.1) is 11.3 Å². The monoisotopic (exact) mass is 244 g/mol. The van der Waals surface area contributed by atoms with E-state index in [9.17, 15) is 9.90 Å². The van der Waals surface area contributed by atoms with Crippen LogP contribution in [0.3, 0.4) is 0 Å². The molecule has 1 aliphatic carbocycles. The summed E-state index contributed by atoms with van der Waals surface area (Å²) < 4.78 is 0. The molecule has 0 heterocycles. The zero-order valence-corrected chi connectivity index (χ0v) is 10.1. The van der Waals surface area contributed by atoms with Crippen LogP contribution in [0.5, 0.6) is 0 Å². The third-order valence-electron chi connectivity index (χ3n) is 3.18. The molecule has 0 saturated heterocycles.